The molecule has 0 N–H and O–H groups in total. The highest BCUT2D eigenvalue weighted by molar-refractivity contribution is 5.43. The number of rotatable bonds is 3. The second kappa shape index (κ2) is 4.61. The molecule has 3 nitrogen and oxygen atoms in total. The number of alkyl halides is 2. The summed E-state index contributed by atoms with van der Waals surface area (Å²) in [4.78, 5) is 1.21. The van der Waals surface area contributed by atoms with Gasteiger partial charge in [0.2, 0.25) is 0 Å². The standard InChI is InChI=1S/C12H13F2N3/c1-8(2)9-3-4-11(10(7-9)12(13)14)17-15-5-6-16-17/h3-8,12H,1-2H3. The van der Waals surface area contributed by atoms with Gasteiger partial charge < -0.3 is 0 Å². The molecule has 17 heavy (non-hydrogen) atoms. The van der Waals surface area contributed by atoms with Gasteiger partial charge in [-0.1, -0.05) is 19.9 Å². The first-order valence-electron chi connectivity index (χ1n) is 5.38. The van der Waals surface area contributed by atoms with Gasteiger partial charge in [0.1, 0.15) is 0 Å². The van der Waals surface area contributed by atoms with Crippen molar-refractivity contribution in [2.24, 2.45) is 0 Å². The summed E-state index contributed by atoms with van der Waals surface area (Å²) in [6.07, 6.45) is 0.395. The third kappa shape index (κ3) is 2.33. The van der Waals surface area contributed by atoms with Gasteiger partial charge in [-0.05, 0) is 23.6 Å². The summed E-state index contributed by atoms with van der Waals surface area (Å²) in [6.45, 7) is 3.94. The zero-order valence-corrected chi connectivity index (χ0v) is 9.64. The number of halogens is 2. The molecule has 0 unspecified atom stereocenters. The van der Waals surface area contributed by atoms with Crippen molar-refractivity contribution in [1.82, 2.24) is 15.0 Å². The normalized spacial score (nSPS) is 11.4. The van der Waals surface area contributed by atoms with Crippen LogP contribution in [-0.2, 0) is 0 Å². The number of hydrogen-bond acceptors (Lipinski definition) is 2. The molecule has 0 fully saturated rings. The Labute approximate surface area is 98.1 Å². The zero-order valence-electron chi connectivity index (χ0n) is 9.64. The third-order valence-electron chi connectivity index (χ3n) is 2.59. The first-order chi connectivity index (χ1) is 8.09. The van der Waals surface area contributed by atoms with Crippen LogP contribution < -0.4 is 0 Å². The molecular weight excluding hydrogens is 224 g/mol. The lowest BCUT2D eigenvalue weighted by Gasteiger charge is -2.12. The SMILES string of the molecule is CC(C)c1ccc(-n2nccn2)c(C(F)F)c1. The monoisotopic (exact) mass is 237 g/mol. The van der Waals surface area contributed by atoms with Crippen LogP contribution in [0.1, 0.15) is 37.3 Å². The summed E-state index contributed by atoms with van der Waals surface area (Å²) >= 11 is 0. The van der Waals surface area contributed by atoms with Crippen molar-refractivity contribution in [1.29, 1.82) is 0 Å². The maximum Gasteiger partial charge on any atom is 0.266 e. The van der Waals surface area contributed by atoms with E-state index in [0.717, 1.165) is 5.56 Å². The summed E-state index contributed by atoms with van der Waals surface area (Å²) in [5.41, 5.74) is 1.18. The van der Waals surface area contributed by atoms with Crippen LogP contribution in [0.15, 0.2) is 30.6 Å². The van der Waals surface area contributed by atoms with Gasteiger partial charge in [-0.15, -0.1) is 0 Å². The topological polar surface area (TPSA) is 30.7 Å². The van der Waals surface area contributed by atoms with Crippen molar-refractivity contribution in [3.8, 4) is 5.69 Å². The average molecular weight is 237 g/mol. The molecule has 2 rings (SSSR count). The zero-order chi connectivity index (χ0) is 12.4. The van der Waals surface area contributed by atoms with Gasteiger partial charge in [0, 0.05) is 5.56 Å². The van der Waals surface area contributed by atoms with Crippen LogP contribution in [0.25, 0.3) is 5.69 Å². The van der Waals surface area contributed by atoms with E-state index in [4.69, 9.17) is 0 Å². The first kappa shape index (κ1) is 11.7. The Kier molecular flexibility index (Phi) is 3.17. The lowest BCUT2D eigenvalue weighted by Crippen LogP contribution is -2.04. The molecule has 5 heteroatoms. The van der Waals surface area contributed by atoms with Gasteiger partial charge >= 0.3 is 0 Å². The van der Waals surface area contributed by atoms with Crippen LogP contribution in [0.5, 0.6) is 0 Å². The summed E-state index contributed by atoms with van der Waals surface area (Å²) in [6, 6.07) is 4.99. The second-order valence-electron chi connectivity index (χ2n) is 4.09. The van der Waals surface area contributed by atoms with Crippen LogP contribution >= 0.6 is 0 Å². The Morgan fingerprint density at radius 2 is 1.76 bits per heavy atom. The van der Waals surface area contributed by atoms with Gasteiger partial charge in [0.05, 0.1) is 18.1 Å². The molecule has 0 spiro atoms. The maximum atomic E-state index is 13.0. The Morgan fingerprint density at radius 1 is 1.12 bits per heavy atom. The van der Waals surface area contributed by atoms with Gasteiger partial charge in [0.25, 0.3) is 6.43 Å². The fourth-order valence-electron chi connectivity index (χ4n) is 1.63. The molecule has 0 saturated carbocycles. The number of aromatic nitrogens is 3. The molecule has 2 aromatic rings. The maximum absolute atomic E-state index is 13.0. The fourth-order valence-corrected chi connectivity index (χ4v) is 1.63. The molecule has 0 aliphatic carbocycles. The summed E-state index contributed by atoms with van der Waals surface area (Å²) in [5, 5.41) is 7.75. The fraction of sp³-hybridized carbons (Fsp3) is 0.333. The minimum absolute atomic E-state index is 0.0348. The highest BCUT2D eigenvalue weighted by atomic mass is 19.3. The van der Waals surface area contributed by atoms with Gasteiger partial charge in [-0.3, -0.25) is 0 Å². The Bertz CT molecular complexity index is 492. The highest BCUT2D eigenvalue weighted by Gasteiger charge is 2.16. The van der Waals surface area contributed by atoms with E-state index in [2.05, 4.69) is 10.2 Å². The van der Waals surface area contributed by atoms with Crippen LogP contribution in [0.4, 0.5) is 8.78 Å². The quantitative estimate of drug-likeness (QED) is 0.819. The number of nitrogens with zero attached hydrogens (tertiary/aromatic N) is 3. The molecule has 1 aromatic carbocycles. The molecule has 1 heterocycles. The van der Waals surface area contributed by atoms with Crippen LogP contribution in [0.2, 0.25) is 0 Å². The smallest absolute Gasteiger partial charge is 0.205 e. The van der Waals surface area contributed by atoms with Crippen molar-refractivity contribution < 1.29 is 8.78 Å². The average Bonchev–Trinajstić information content (AvgIpc) is 2.81. The van der Waals surface area contributed by atoms with Crippen LogP contribution in [-0.4, -0.2) is 15.0 Å². The van der Waals surface area contributed by atoms with Crippen molar-refractivity contribution in [3.63, 3.8) is 0 Å². The van der Waals surface area contributed by atoms with Gasteiger partial charge in [-0.2, -0.15) is 15.0 Å². The molecule has 0 aliphatic heterocycles. The van der Waals surface area contributed by atoms with Crippen molar-refractivity contribution in [3.05, 3.63) is 41.7 Å². The first-order valence-corrected chi connectivity index (χ1v) is 5.38. The minimum atomic E-state index is -2.53. The number of benzene rings is 1. The minimum Gasteiger partial charge on any atom is -0.205 e. The largest absolute Gasteiger partial charge is 0.266 e. The van der Waals surface area contributed by atoms with Crippen molar-refractivity contribution in [2.75, 3.05) is 0 Å². The van der Waals surface area contributed by atoms with Gasteiger partial charge in [-0.25, -0.2) is 8.78 Å². The molecule has 0 radical (unpaired) electrons. The molecule has 0 bridgehead atoms. The van der Waals surface area contributed by atoms with Crippen molar-refractivity contribution >= 4 is 0 Å². The third-order valence-corrected chi connectivity index (χ3v) is 2.59. The predicted octanol–water partition coefficient (Wildman–Crippen LogP) is 3.33. The van der Waals surface area contributed by atoms with E-state index in [1.54, 1.807) is 6.07 Å². The Hall–Kier alpha value is -1.78. The van der Waals surface area contributed by atoms with E-state index in [0.29, 0.717) is 5.69 Å². The Morgan fingerprint density at radius 3 is 2.29 bits per heavy atom. The van der Waals surface area contributed by atoms with E-state index in [9.17, 15) is 8.78 Å². The predicted molar refractivity (Wildman–Crippen MR) is 60.4 cm³/mol. The van der Waals surface area contributed by atoms with Gasteiger partial charge in [0.15, 0.2) is 0 Å². The van der Waals surface area contributed by atoms with Crippen LogP contribution in [0, 0.1) is 0 Å². The molecule has 90 valence electrons. The molecule has 0 aliphatic rings. The van der Waals surface area contributed by atoms with E-state index in [-0.39, 0.29) is 11.5 Å². The van der Waals surface area contributed by atoms with Crippen LogP contribution in [0.3, 0.4) is 0 Å². The van der Waals surface area contributed by atoms with E-state index < -0.39 is 6.43 Å². The number of hydrogen-bond donors (Lipinski definition) is 0. The Balaban J connectivity index is 2.53. The molecule has 0 saturated heterocycles. The molecule has 0 amide bonds. The van der Waals surface area contributed by atoms with E-state index in [1.807, 2.05) is 19.9 Å². The second-order valence-corrected chi connectivity index (χ2v) is 4.09. The summed E-state index contributed by atoms with van der Waals surface area (Å²) in [5.74, 6) is 0.215. The molecule has 0 atom stereocenters. The molecule has 1 aromatic heterocycles. The van der Waals surface area contributed by atoms with E-state index in [1.165, 1.54) is 23.3 Å². The lowest BCUT2D eigenvalue weighted by atomic mass is 10.00. The molecular formula is C12H13F2N3. The summed E-state index contributed by atoms with van der Waals surface area (Å²) < 4.78 is 26.0. The van der Waals surface area contributed by atoms with Crippen molar-refractivity contribution in [2.45, 2.75) is 26.2 Å². The summed E-state index contributed by atoms with van der Waals surface area (Å²) in [7, 11) is 0. The van der Waals surface area contributed by atoms with E-state index >= 15 is 0 Å². The highest BCUT2D eigenvalue weighted by Crippen LogP contribution is 2.28. The lowest BCUT2D eigenvalue weighted by molar-refractivity contribution is 0.150.